The van der Waals surface area contributed by atoms with Gasteiger partial charge >= 0.3 is 0 Å². The number of nitrogens with zero attached hydrogens (tertiary/aromatic N) is 2. The summed E-state index contributed by atoms with van der Waals surface area (Å²) in [5.41, 5.74) is 0.593. The van der Waals surface area contributed by atoms with Gasteiger partial charge in [-0.3, -0.25) is 4.79 Å². The highest BCUT2D eigenvalue weighted by molar-refractivity contribution is 7.99. The van der Waals surface area contributed by atoms with Crippen LogP contribution in [0.15, 0.2) is 81.7 Å². The number of anilines is 1. The summed E-state index contributed by atoms with van der Waals surface area (Å²) in [7, 11) is -3.71. The number of amides is 1. The molecule has 2 aromatic carbocycles. The standard InChI is InChI=1S/C20H19N3O4S2/c1-2-27-17-11-7-6-10-16(17)21-18(24)14-28-19-12-13-20(23-22-19)29(25,26)15-8-4-3-5-9-15/h3-13H,2,14H2,1H3,(H,21,24). The van der Waals surface area contributed by atoms with Crippen LogP contribution in [0, 0.1) is 0 Å². The Labute approximate surface area is 173 Å². The highest BCUT2D eigenvalue weighted by Crippen LogP contribution is 2.25. The lowest BCUT2D eigenvalue weighted by molar-refractivity contribution is -0.113. The molecule has 0 aliphatic rings. The molecule has 0 bridgehead atoms. The fraction of sp³-hybridized carbons (Fsp3) is 0.150. The third-order valence-corrected chi connectivity index (χ3v) is 6.34. The second-order valence-electron chi connectivity index (χ2n) is 5.79. The van der Waals surface area contributed by atoms with Gasteiger partial charge in [-0.05, 0) is 43.3 Å². The minimum atomic E-state index is -3.71. The number of hydrogen-bond acceptors (Lipinski definition) is 7. The van der Waals surface area contributed by atoms with Crippen molar-refractivity contribution in [2.45, 2.75) is 21.9 Å². The van der Waals surface area contributed by atoms with Crippen LogP contribution in [0.5, 0.6) is 5.75 Å². The minimum absolute atomic E-state index is 0.0971. The first-order chi connectivity index (χ1) is 14.0. The molecule has 1 N–H and O–H groups in total. The zero-order valence-electron chi connectivity index (χ0n) is 15.6. The molecule has 150 valence electrons. The van der Waals surface area contributed by atoms with Crippen LogP contribution in [0.1, 0.15) is 6.92 Å². The summed E-state index contributed by atoms with van der Waals surface area (Å²) in [4.78, 5) is 12.4. The Morgan fingerprint density at radius 2 is 1.72 bits per heavy atom. The third-order valence-electron chi connectivity index (χ3n) is 3.76. The van der Waals surface area contributed by atoms with Gasteiger partial charge in [-0.1, -0.05) is 42.1 Å². The van der Waals surface area contributed by atoms with Gasteiger partial charge in [-0.25, -0.2) is 8.42 Å². The van der Waals surface area contributed by atoms with Crippen molar-refractivity contribution in [2.75, 3.05) is 17.7 Å². The van der Waals surface area contributed by atoms with E-state index in [9.17, 15) is 13.2 Å². The van der Waals surface area contributed by atoms with Gasteiger partial charge in [0.05, 0.1) is 22.9 Å². The van der Waals surface area contributed by atoms with Gasteiger partial charge in [-0.2, -0.15) is 0 Å². The molecule has 29 heavy (non-hydrogen) atoms. The molecule has 0 saturated carbocycles. The fourth-order valence-corrected chi connectivity index (χ4v) is 4.19. The van der Waals surface area contributed by atoms with Gasteiger partial charge in [0.2, 0.25) is 15.7 Å². The van der Waals surface area contributed by atoms with Crippen molar-refractivity contribution in [2.24, 2.45) is 0 Å². The van der Waals surface area contributed by atoms with E-state index in [0.29, 0.717) is 23.1 Å². The highest BCUT2D eigenvalue weighted by atomic mass is 32.2. The number of para-hydroxylation sites is 2. The monoisotopic (exact) mass is 429 g/mol. The molecule has 3 aromatic rings. The Morgan fingerprint density at radius 3 is 2.41 bits per heavy atom. The molecule has 0 spiro atoms. The number of benzene rings is 2. The Hall–Kier alpha value is -2.91. The summed E-state index contributed by atoms with van der Waals surface area (Å²) in [5.74, 6) is 0.466. The predicted molar refractivity (Wildman–Crippen MR) is 111 cm³/mol. The number of rotatable bonds is 8. The number of ether oxygens (including phenoxy) is 1. The molecule has 0 atom stereocenters. The van der Waals surface area contributed by atoms with Crippen LogP contribution in [0.25, 0.3) is 0 Å². The molecule has 9 heteroatoms. The lowest BCUT2D eigenvalue weighted by Gasteiger charge is -2.11. The molecule has 1 heterocycles. The molecule has 0 saturated heterocycles. The smallest absolute Gasteiger partial charge is 0.234 e. The predicted octanol–water partition coefficient (Wildman–Crippen LogP) is 3.44. The fourth-order valence-electron chi connectivity index (χ4n) is 2.43. The Bertz CT molecular complexity index is 1070. The Kier molecular flexibility index (Phi) is 6.84. The Balaban J connectivity index is 1.61. The van der Waals surface area contributed by atoms with E-state index < -0.39 is 9.84 Å². The summed E-state index contributed by atoms with van der Waals surface area (Å²) in [6.07, 6.45) is 0. The maximum Gasteiger partial charge on any atom is 0.234 e. The van der Waals surface area contributed by atoms with E-state index in [1.165, 1.54) is 24.3 Å². The van der Waals surface area contributed by atoms with Crippen molar-refractivity contribution in [3.63, 3.8) is 0 Å². The van der Waals surface area contributed by atoms with E-state index in [2.05, 4.69) is 15.5 Å². The number of carbonyl (C=O) groups excluding carboxylic acids is 1. The van der Waals surface area contributed by atoms with Crippen LogP contribution in [0.2, 0.25) is 0 Å². The van der Waals surface area contributed by atoms with E-state index in [1.54, 1.807) is 30.3 Å². The molecule has 1 aromatic heterocycles. The first-order valence-electron chi connectivity index (χ1n) is 8.79. The average molecular weight is 430 g/mol. The van der Waals surface area contributed by atoms with Crippen molar-refractivity contribution in [1.29, 1.82) is 0 Å². The van der Waals surface area contributed by atoms with Crippen LogP contribution >= 0.6 is 11.8 Å². The van der Waals surface area contributed by atoms with Crippen LogP contribution in [0.3, 0.4) is 0 Å². The van der Waals surface area contributed by atoms with Crippen LogP contribution in [0.4, 0.5) is 5.69 Å². The first-order valence-corrected chi connectivity index (χ1v) is 11.3. The summed E-state index contributed by atoms with van der Waals surface area (Å²) < 4.78 is 30.5. The van der Waals surface area contributed by atoms with E-state index in [1.807, 2.05) is 19.1 Å². The van der Waals surface area contributed by atoms with Crippen LogP contribution < -0.4 is 10.1 Å². The maximum absolute atomic E-state index is 12.5. The molecular formula is C20H19N3O4S2. The number of aromatic nitrogens is 2. The first kappa shape index (κ1) is 20.8. The largest absolute Gasteiger partial charge is 0.492 e. The summed E-state index contributed by atoms with van der Waals surface area (Å²) in [5, 5.41) is 10.8. The SMILES string of the molecule is CCOc1ccccc1NC(=O)CSc1ccc(S(=O)(=O)c2ccccc2)nn1. The topological polar surface area (TPSA) is 98.2 Å². The highest BCUT2D eigenvalue weighted by Gasteiger charge is 2.19. The van der Waals surface area contributed by atoms with E-state index in [0.717, 1.165) is 11.8 Å². The second-order valence-corrected chi connectivity index (χ2v) is 8.68. The summed E-state index contributed by atoms with van der Waals surface area (Å²) in [6, 6.07) is 18.1. The van der Waals surface area contributed by atoms with Gasteiger partial charge < -0.3 is 10.1 Å². The lowest BCUT2D eigenvalue weighted by atomic mass is 10.3. The Morgan fingerprint density at radius 1 is 1.00 bits per heavy atom. The lowest BCUT2D eigenvalue weighted by Crippen LogP contribution is -2.15. The van der Waals surface area contributed by atoms with Crippen molar-refractivity contribution >= 4 is 33.2 Å². The van der Waals surface area contributed by atoms with Gasteiger partial charge in [0.25, 0.3) is 0 Å². The zero-order chi connectivity index (χ0) is 20.7. The minimum Gasteiger partial charge on any atom is -0.492 e. The molecule has 7 nitrogen and oxygen atoms in total. The molecular weight excluding hydrogens is 410 g/mol. The van der Waals surface area contributed by atoms with Crippen molar-refractivity contribution in [1.82, 2.24) is 10.2 Å². The molecule has 0 radical (unpaired) electrons. The van der Waals surface area contributed by atoms with Gasteiger partial charge in [0, 0.05) is 0 Å². The summed E-state index contributed by atoms with van der Waals surface area (Å²) >= 11 is 1.16. The normalized spacial score (nSPS) is 11.1. The maximum atomic E-state index is 12.5. The number of sulfone groups is 1. The molecule has 0 aliphatic heterocycles. The average Bonchev–Trinajstić information content (AvgIpc) is 2.75. The quantitative estimate of drug-likeness (QED) is 0.548. The van der Waals surface area contributed by atoms with E-state index in [4.69, 9.17) is 4.74 Å². The second kappa shape index (κ2) is 9.53. The van der Waals surface area contributed by atoms with E-state index >= 15 is 0 Å². The number of nitrogens with one attached hydrogen (secondary N) is 1. The summed E-state index contributed by atoms with van der Waals surface area (Å²) in [6.45, 7) is 2.37. The van der Waals surface area contributed by atoms with Crippen LogP contribution in [-0.2, 0) is 14.6 Å². The third kappa shape index (κ3) is 5.33. The van der Waals surface area contributed by atoms with Crippen LogP contribution in [-0.4, -0.2) is 36.9 Å². The zero-order valence-corrected chi connectivity index (χ0v) is 17.2. The van der Waals surface area contributed by atoms with Gasteiger partial charge in [0.15, 0.2) is 5.03 Å². The molecule has 0 aliphatic carbocycles. The van der Waals surface area contributed by atoms with Gasteiger partial charge in [0.1, 0.15) is 10.8 Å². The van der Waals surface area contributed by atoms with Gasteiger partial charge in [-0.15, -0.1) is 10.2 Å². The van der Waals surface area contributed by atoms with Crippen molar-refractivity contribution in [3.05, 3.63) is 66.7 Å². The number of carbonyl (C=O) groups is 1. The van der Waals surface area contributed by atoms with Crippen molar-refractivity contribution in [3.8, 4) is 5.75 Å². The molecule has 0 unspecified atom stereocenters. The number of thioether (sulfide) groups is 1. The molecule has 3 rings (SSSR count). The van der Waals surface area contributed by atoms with E-state index in [-0.39, 0.29) is 21.6 Å². The van der Waals surface area contributed by atoms with Crippen molar-refractivity contribution < 1.29 is 17.9 Å². The molecule has 1 amide bonds. The molecule has 0 fully saturated rings. The number of hydrogen-bond donors (Lipinski definition) is 1.